The highest BCUT2D eigenvalue weighted by Crippen LogP contribution is 2.63. The standard InChI is InChI=1S/C47H67N20O31P5/c1-16(2)90-28-18(92-41(26(28)69)65-13-55-22-35(65)57-45(49)60-38(22)70)8-86-99(73,74)95-29-19(94-44(32(29)85-6)66-14-56-23-36(66)58-46(50)61-39(23)71)9-87-100(75,76)96-30-20(93-43(31(30)84-5)64-12-54-21-33(48)52-11-53-34(21)64)10-89-102(79,80)98-103(81,82)97-101(77,78)88-7-17-27(83-4)25(68)42(91-17)67-15-63(3)24-37(67)59-47(51)62-40(24)72/h11-14,16-20,25-32,41-44,68-69H,7-10,15H2,1-6H3,(H,73,74)(H,75,76)(H,77,78)(H,79,80)(H,81,82)(H2,48,52,53)(H3,49,57,60,70)(H3,50,58,61,71)(H3,51,59,62,72)/p-4/t17-,18-,19-,20-,25?,26+,27+,28?,29?,30?,31+,32+,41-,42-,43-,44-/m1/s1. The number of anilines is 5. The molecule has 51 nitrogen and oxygen atoms in total. The van der Waals surface area contributed by atoms with Gasteiger partial charge in [-0.2, -0.15) is 15.0 Å². The lowest BCUT2D eigenvalue weighted by atomic mass is 10.1. The first-order chi connectivity index (χ1) is 48.5. The van der Waals surface area contributed by atoms with Crippen molar-refractivity contribution in [2.24, 2.45) is 0 Å². The van der Waals surface area contributed by atoms with E-state index in [1.807, 2.05) is 0 Å². The molecule has 0 aliphatic carbocycles. The normalized spacial score (nSPS) is 31.0. The van der Waals surface area contributed by atoms with Gasteiger partial charge in [-0.1, -0.05) is 0 Å². The minimum Gasteiger partial charge on any atom is -0.756 e. The SMILES string of the molecule is CO[C@@H]1C(O)[C@H]([NH+]2CN(C)c3c2nc(N)[nH]c3=O)O[C@@H]1COP(=O)([O-])OP(=O)([O-])OP(=O)([O-])OC[C@H]1O[C@@H](n2cnc3c(N)ncnc32)[C@@H](OC)C1OP(=O)([O-])OC[C@H]1O[C@@H](n2cnc3c(=O)[nH]c(N)nc32)[C@@H](OC)C1OP(=O)([O-])OC[C@H]1O[C@@H](n2cnc3c(=O)[nH]c(N)nc32)[C@@H](O)C1OC(C)C. The van der Waals surface area contributed by atoms with E-state index >= 15 is 0 Å². The van der Waals surface area contributed by atoms with Crippen LogP contribution in [-0.4, -0.2) is 226 Å². The van der Waals surface area contributed by atoms with Crippen molar-refractivity contribution in [2.75, 3.05) is 89.3 Å². The monoisotopic (exact) mass is 1560 g/mol. The number of aromatic nitrogens is 14. The van der Waals surface area contributed by atoms with Crippen LogP contribution in [0, 0.1) is 0 Å². The highest BCUT2D eigenvalue weighted by molar-refractivity contribution is 7.65. The molecule has 7 aromatic heterocycles. The maximum absolute atomic E-state index is 14.4. The number of hydrogen-bond acceptors (Lipinski definition) is 44. The molecule has 12 rings (SSSR count). The molecule has 0 spiro atoms. The number of hydrogen-bond donors (Lipinski definition) is 10. The summed E-state index contributed by atoms with van der Waals surface area (Å²) < 4.78 is 158. The molecule has 0 saturated carbocycles. The van der Waals surface area contributed by atoms with Crippen molar-refractivity contribution in [1.82, 2.24) is 68.5 Å². The van der Waals surface area contributed by atoms with E-state index in [0.29, 0.717) is 0 Å². The Morgan fingerprint density at radius 3 is 1.47 bits per heavy atom. The fraction of sp³-hybridized carbons (Fsp3) is 0.596. The zero-order valence-corrected chi connectivity index (χ0v) is 58.3. The Bertz CT molecular complexity index is 4760. The van der Waals surface area contributed by atoms with Crippen molar-refractivity contribution in [1.29, 1.82) is 0 Å². The summed E-state index contributed by atoms with van der Waals surface area (Å²) in [5, 5.41) is 22.8. The average Bonchev–Trinajstić information content (AvgIpc) is 1.62. The number of nitrogens with zero attached hydrogens (tertiary/aromatic N) is 12. The number of ether oxygens (including phenoxy) is 8. The molecule has 103 heavy (non-hydrogen) atoms. The van der Waals surface area contributed by atoms with Crippen LogP contribution in [0.3, 0.4) is 0 Å². The van der Waals surface area contributed by atoms with Crippen LogP contribution in [0.1, 0.15) is 32.5 Å². The molecule has 14 N–H and O–H groups in total. The first kappa shape index (κ1) is 76.0. The second-order valence-corrected chi connectivity index (χ2v) is 30.6. The van der Waals surface area contributed by atoms with Crippen molar-refractivity contribution < 1.29 is 136 Å². The Labute approximate surface area is 574 Å². The Kier molecular flexibility index (Phi) is 21.6. The van der Waals surface area contributed by atoms with Gasteiger partial charge in [0, 0.05) is 28.4 Å². The Morgan fingerprint density at radius 2 is 0.971 bits per heavy atom. The lowest BCUT2D eigenvalue weighted by Crippen LogP contribution is -3.12. The van der Waals surface area contributed by atoms with E-state index in [1.165, 1.54) is 11.9 Å². The van der Waals surface area contributed by atoms with Gasteiger partial charge in [0.2, 0.25) is 24.1 Å². The number of nitrogens with two attached hydrogens (primary N) is 4. The van der Waals surface area contributed by atoms with Crippen LogP contribution in [0.4, 0.5) is 35.2 Å². The maximum atomic E-state index is 14.4. The molecular weight excluding hydrogens is 1500 g/mol. The molecule has 56 heteroatoms. The molecule has 5 aliphatic heterocycles. The average molecular weight is 1560 g/mol. The molecule has 7 aromatic rings. The third-order valence-electron chi connectivity index (χ3n) is 16.4. The maximum Gasteiger partial charge on any atom is 0.282 e. The number of aromatic amines is 3. The van der Waals surface area contributed by atoms with Gasteiger partial charge in [-0.3, -0.25) is 65.9 Å². The summed E-state index contributed by atoms with van der Waals surface area (Å²) in [6.07, 6.45) is -23.2. The zero-order valence-electron chi connectivity index (χ0n) is 53.8. The van der Waals surface area contributed by atoms with Gasteiger partial charge in [-0.25, -0.2) is 38.4 Å². The number of phosphoric acid groups is 5. The second kappa shape index (κ2) is 29.2. The topological polar surface area (TPSA) is 717 Å². The third kappa shape index (κ3) is 15.6. The van der Waals surface area contributed by atoms with Gasteiger partial charge in [0.15, 0.2) is 70.9 Å². The molecule has 0 amide bonds. The summed E-state index contributed by atoms with van der Waals surface area (Å²) in [7, 11) is -26.5. The van der Waals surface area contributed by atoms with Crippen LogP contribution in [0.5, 0.6) is 0 Å². The van der Waals surface area contributed by atoms with Crippen molar-refractivity contribution in [2.45, 2.75) is 118 Å². The van der Waals surface area contributed by atoms with E-state index in [1.54, 1.807) is 13.8 Å². The summed E-state index contributed by atoms with van der Waals surface area (Å²) in [5.41, 5.74) is 20.2. The van der Waals surface area contributed by atoms with Gasteiger partial charge in [-0.15, -0.1) is 0 Å². The molecular formula is C47H63N20O31P5-4. The number of H-pyrrole nitrogens is 3. The van der Waals surface area contributed by atoms with E-state index in [-0.39, 0.29) is 74.3 Å². The summed E-state index contributed by atoms with van der Waals surface area (Å²) in [4.78, 5) is 147. The van der Waals surface area contributed by atoms with Crippen LogP contribution in [0.2, 0.25) is 0 Å². The van der Waals surface area contributed by atoms with Crippen LogP contribution in [-0.2, 0) is 96.5 Å². The van der Waals surface area contributed by atoms with Gasteiger partial charge in [-0.05, 0) is 13.8 Å². The molecule has 0 aromatic carbocycles. The van der Waals surface area contributed by atoms with Crippen molar-refractivity contribution in [3.63, 3.8) is 0 Å². The molecule has 5 aliphatic rings. The van der Waals surface area contributed by atoms with Crippen molar-refractivity contribution in [3.05, 3.63) is 56.4 Å². The fourth-order valence-electron chi connectivity index (χ4n) is 12.2. The number of imidazole rings is 3. The van der Waals surface area contributed by atoms with Crippen molar-refractivity contribution >= 4 is 108 Å². The molecule has 0 radical (unpaired) electrons. The second-order valence-electron chi connectivity index (χ2n) is 23.4. The van der Waals surface area contributed by atoms with E-state index in [2.05, 4.69) is 63.4 Å². The van der Waals surface area contributed by atoms with Crippen LogP contribution in [0.15, 0.2) is 39.7 Å². The Balaban J connectivity index is 0.754. The molecule has 12 heterocycles. The van der Waals surface area contributed by atoms with E-state index in [0.717, 1.165) is 60.3 Å². The quantitative estimate of drug-likeness (QED) is 0.0195. The third-order valence-corrected chi connectivity index (χ3v) is 22.5. The molecule has 22 atom stereocenters. The summed E-state index contributed by atoms with van der Waals surface area (Å²) >= 11 is 0. The highest BCUT2D eigenvalue weighted by atomic mass is 31.3. The van der Waals surface area contributed by atoms with Crippen LogP contribution >= 0.6 is 39.1 Å². The Morgan fingerprint density at radius 1 is 0.544 bits per heavy atom. The van der Waals surface area contributed by atoms with Gasteiger partial charge >= 0.3 is 0 Å². The number of fused-ring (bicyclic) bond motifs is 4. The Hall–Kier alpha value is -6.68. The summed E-state index contributed by atoms with van der Waals surface area (Å²) in [5.74, 6) is -1.15. The van der Waals surface area contributed by atoms with E-state index < -0.39 is 192 Å². The van der Waals surface area contributed by atoms with Gasteiger partial charge < -0.3 is 128 Å². The molecule has 566 valence electrons. The minimum atomic E-state index is -6.67. The smallest absolute Gasteiger partial charge is 0.282 e. The number of aliphatic hydroxyl groups is 2. The van der Waals surface area contributed by atoms with Gasteiger partial charge in [0.25, 0.3) is 61.6 Å². The predicted molar refractivity (Wildman–Crippen MR) is 327 cm³/mol. The minimum absolute atomic E-state index is 0.0371. The number of rotatable bonds is 29. The molecule has 4 saturated heterocycles. The van der Waals surface area contributed by atoms with Crippen LogP contribution < -0.4 is 73.9 Å². The lowest BCUT2D eigenvalue weighted by Gasteiger charge is -2.35. The zero-order chi connectivity index (χ0) is 74.3. The molecule has 10 unspecified atom stereocenters. The van der Waals surface area contributed by atoms with Crippen molar-refractivity contribution in [3.8, 4) is 0 Å². The molecule has 4 fully saturated rings. The number of nitrogen functional groups attached to an aromatic ring is 4. The van der Waals surface area contributed by atoms with E-state index in [9.17, 15) is 71.9 Å². The van der Waals surface area contributed by atoms with E-state index in [4.69, 9.17) is 88.0 Å². The number of aliphatic hydroxyl groups excluding tert-OH is 2. The highest BCUT2D eigenvalue weighted by Gasteiger charge is 2.56. The first-order valence-corrected chi connectivity index (χ1v) is 37.3. The molecule has 0 bridgehead atoms. The lowest BCUT2D eigenvalue weighted by molar-refractivity contribution is -0.885. The predicted octanol–water partition coefficient (Wildman–Crippen LogP) is -7.68. The summed E-state index contributed by atoms with van der Waals surface area (Å²) in [6.45, 7) is -1.75. The number of methoxy groups -OCH3 is 3. The number of phosphoric ester groups is 4. The van der Waals surface area contributed by atoms with Crippen LogP contribution in [0.25, 0.3) is 33.5 Å². The van der Waals surface area contributed by atoms with Gasteiger partial charge in [0.05, 0.1) is 51.5 Å². The summed E-state index contributed by atoms with van der Waals surface area (Å²) in [6, 6.07) is 0. The number of quaternary nitrogens is 1. The first-order valence-electron chi connectivity index (χ1n) is 30.0. The van der Waals surface area contributed by atoms with Gasteiger partial charge in [0.1, 0.15) is 79.0 Å². The largest absolute Gasteiger partial charge is 0.756 e. The number of nitrogens with one attached hydrogen (secondary N) is 4. The fourth-order valence-corrected chi connectivity index (χ4v) is 17.5.